The molecule has 1 N–H and O–H groups in total. The molecule has 1 aromatic heterocycles. The molecule has 0 radical (unpaired) electrons. The van der Waals surface area contributed by atoms with Gasteiger partial charge >= 0.3 is 5.97 Å². The third kappa shape index (κ3) is 3.77. The minimum absolute atomic E-state index is 0.201. The van der Waals surface area contributed by atoms with Gasteiger partial charge in [0.1, 0.15) is 0 Å². The van der Waals surface area contributed by atoms with Gasteiger partial charge in [0.2, 0.25) is 6.10 Å². The lowest BCUT2D eigenvalue weighted by atomic mass is 10.1. The summed E-state index contributed by atoms with van der Waals surface area (Å²) in [7, 11) is 0. The van der Waals surface area contributed by atoms with Gasteiger partial charge in [-0.3, -0.25) is 14.6 Å². The van der Waals surface area contributed by atoms with Gasteiger partial charge in [-0.1, -0.05) is 12.8 Å². The van der Waals surface area contributed by atoms with E-state index in [0.717, 1.165) is 25.7 Å². The van der Waals surface area contributed by atoms with Crippen LogP contribution < -0.4 is 5.32 Å². The van der Waals surface area contributed by atoms with Gasteiger partial charge in [0, 0.05) is 30.9 Å². The van der Waals surface area contributed by atoms with Crippen LogP contribution in [0.2, 0.25) is 0 Å². The first-order chi connectivity index (χ1) is 9.16. The van der Waals surface area contributed by atoms with E-state index < -0.39 is 12.1 Å². The van der Waals surface area contributed by atoms with Crippen molar-refractivity contribution < 1.29 is 14.3 Å². The molecule has 0 aromatic carbocycles. The minimum atomic E-state index is -0.888. The second kappa shape index (κ2) is 6.31. The van der Waals surface area contributed by atoms with Crippen molar-refractivity contribution in [2.24, 2.45) is 0 Å². The predicted molar refractivity (Wildman–Crippen MR) is 69.1 cm³/mol. The van der Waals surface area contributed by atoms with Gasteiger partial charge in [-0.2, -0.15) is 0 Å². The second-order valence-corrected chi connectivity index (χ2v) is 4.76. The zero-order chi connectivity index (χ0) is 13.7. The Hall–Kier alpha value is -1.91. The van der Waals surface area contributed by atoms with Crippen molar-refractivity contribution in [3.63, 3.8) is 0 Å². The van der Waals surface area contributed by atoms with E-state index >= 15 is 0 Å². The van der Waals surface area contributed by atoms with Gasteiger partial charge in [-0.05, 0) is 25.0 Å². The molecule has 1 fully saturated rings. The van der Waals surface area contributed by atoms with Crippen molar-refractivity contribution in [2.45, 2.75) is 44.8 Å². The smallest absolute Gasteiger partial charge is 0.303 e. The maximum atomic E-state index is 12.2. The van der Waals surface area contributed by atoms with Crippen LogP contribution in [0.1, 0.15) is 44.3 Å². The molecule has 1 aromatic rings. The fraction of sp³-hybridized carbons (Fsp3) is 0.500. The Balaban J connectivity index is 2.08. The van der Waals surface area contributed by atoms with Gasteiger partial charge in [0.05, 0.1) is 0 Å². The topological polar surface area (TPSA) is 68.3 Å². The number of pyridine rings is 1. The van der Waals surface area contributed by atoms with Crippen LogP contribution in [-0.4, -0.2) is 22.9 Å². The Kier molecular flexibility index (Phi) is 4.49. The maximum Gasteiger partial charge on any atom is 0.303 e. The quantitative estimate of drug-likeness (QED) is 0.839. The first kappa shape index (κ1) is 13.5. The SMILES string of the molecule is CC(=O)O[C@@H](C(=O)NC1CCCC1)c1ccncc1. The highest BCUT2D eigenvalue weighted by molar-refractivity contribution is 5.84. The van der Waals surface area contributed by atoms with Gasteiger partial charge in [0.15, 0.2) is 0 Å². The number of nitrogens with one attached hydrogen (secondary N) is 1. The molecule has 1 saturated carbocycles. The van der Waals surface area contributed by atoms with Crippen LogP contribution in [0, 0.1) is 0 Å². The Morgan fingerprint density at radius 3 is 2.53 bits per heavy atom. The van der Waals surface area contributed by atoms with Crippen LogP contribution >= 0.6 is 0 Å². The van der Waals surface area contributed by atoms with E-state index in [4.69, 9.17) is 4.74 Å². The van der Waals surface area contributed by atoms with Crippen LogP contribution in [0.15, 0.2) is 24.5 Å². The Bertz CT molecular complexity index is 441. The van der Waals surface area contributed by atoms with Crippen molar-refractivity contribution in [1.82, 2.24) is 10.3 Å². The van der Waals surface area contributed by atoms with E-state index in [9.17, 15) is 9.59 Å². The third-order valence-corrected chi connectivity index (χ3v) is 3.23. The molecule has 0 aliphatic heterocycles. The summed E-state index contributed by atoms with van der Waals surface area (Å²) in [5, 5.41) is 2.95. The number of hydrogen-bond acceptors (Lipinski definition) is 4. The van der Waals surface area contributed by atoms with Crippen LogP contribution in [0.3, 0.4) is 0 Å². The van der Waals surface area contributed by atoms with Crippen molar-refractivity contribution in [1.29, 1.82) is 0 Å². The normalized spacial score (nSPS) is 16.9. The lowest BCUT2D eigenvalue weighted by Crippen LogP contribution is -2.37. The van der Waals surface area contributed by atoms with Gasteiger partial charge in [0.25, 0.3) is 5.91 Å². The van der Waals surface area contributed by atoms with Gasteiger partial charge < -0.3 is 10.1 Å². The zero-order valence-electron chi connectivity index (χ0n) is 11.0. The number of esters is 1. The molecule has 19 heavy (non-hydrogen) atoms. The Morgan fingerprint density at radius 2 is 1.95 bits per heavy atom. The van der Waals surface area contributed by atoms with Crippen LogP contribution in [0.4, 0.5) is 0 Å². The molecule has 1 heterocycles. The summed E-state index contributed by atoms with van der Waals surface area (Å²) in [5.41, 5.74) is 0.640. The van der Waals surface area contributed by atoms with Crippen molar-refractivity contribution in [3.05, 3.63) is 30.1 Å². The molecule has 0 spiro atoms. The number of aromatic nitrogens is 1. The van der Waals surface area contributed by atoms with E-state index in [-0.39, 0.29) is 11.9 Å². The molecular formula is C14H18N2O3. The van der Waals surface area contributed by atoms with Crippen molar-refractivity contribution >= 4 is 11.9 Å². The Labute approximate surface area is 112 Å². The minimum Gasteiger partial charge on any atom is -0.447 e. The van der Waals surface area contributed by atoms with E-state index in [1.165, 1.54) is 6.92 Å². The number of carbonyl (C=O) groups is 2. The zero-order valence-corrected chi connectivity index (χ0v) is 11.0. The van der Waals surface area contributed by atoms with E-state index in [1.54, 1.807) is 24.5 Å². The number of ether oxygens (including phenoxy) is 1. The molecule has 1 amide bonds. The fourth-order valence-corrected chi connectivity index (χ4v) is 2.32. The van der Waals surface area contributed by atoms with Crippen LogP contribution in [0.25, 0.3) is 0 Å². The third-order valence-electron chi connectivity index (χ3n) is 3.23. The standard InChI is InChI=1S/C14H18N2O3/c1-10(17)19-13(11-6-8-15-9-7-11)14(18)16-12-4-2-3-5-12/h6-9,12-13H,2-5H2,1H3,(H,16,18)/t13-/m1/s1. The highest BCUT2D eigenvalue weighted by Crippen LogP contribution is 2.21. The average Bonchev–Trinajstić information content (AvgIpc) is 2.89. The van der Waals surface area contributed by atoms with Crippen LogP contribution in [0.5, 0.6) is 0 Å². The maximum absolute atomic E-state index is 12.2. The summed E-state index contributed by atoms with van der Waals surface area (Å²) >= 11 is 0. The molecule has 1 aliphatic carbocycles. The molecule has 0 bridgehead atoms. The molecule has 0 saturated heterocycles. The summed E-state index contributed by atoms with van der Waals surface area (Å²) in [6.07, 6.45) is 6.53. The average molecular weight is 262 g/mol. The molecule has 5 nitrogen and oxygen atoms in total. The largest absolute Gasteiger partial charge is 0.447 e. The summed E-state index contributed by atoms with van der Waals surface area (Å²) in [6, 6.07) is 3.57. The molecule has 1 atom stereocenters. The first-order valence-corrected chi connectivity index (χ1v) is 6.54. The van der Waals surface area contributed by atoms with Crippen molar-refractivity contribution in [3.8, 4) is 0 Å². The van der Waals surface area contributed by atoms with E-state index in [0.29, 0.717) is 5.56 Å². The first-order valence-electron chi connectivity index (χ1n) is 6.54. The Morgan fingerprint density at radius 1 is 1.32 bits per heavy atom. The van der Waals surface area contributed by atoms with Gasteiger partial charge in [-0.25, -0.2) is 0 Å². The molecule has 2 rings (SSSR count). The second-order valence-electron chi connectivity index (χ2n) is 4.76. The van der Waals surface area contributed by atoms with Gasteiger partial charge in [-0.15, -0.1) is 0 Å². The number of hydrogen-bond donors (Lipinski definition) is 1. The number of rotatable bonds is 4. The van der Waals surface area contributed by atoms with Crippen LogP contribution in [-0.2, 0) is 14.3 Å². The summed E-state index contributed by atoms with van der Waals surface area (Å²) in [5.74, 6) is -0.725. The fourth-order valence-electron chi connectivity index (χ4n) is 2.32. The molecule has 0 unspecified atom stereocenters. The monoisotopic (exact) mass is 262 g/mol. The van der Waals surface area contributed by atoms with E-state index in [1.807, 2.05) is 0 Å². The number of nitrogens with zero attached hydrogens (tertiary/aromatic N) is 1. The highest BCUT2D eigenvalue weighted by atomic mass is 16.5. The number of amides is 1. The number of carbonyl (C=O) groups excluding carboxylic acids is 2. The van der Waals surface area contributed by atoms with E-state index in [2.05, 4.69) is 10.3 Å². The molecule has 102 valence electrons. The van der Waals surface area contributed by atoms with Crippen molar-refractivity contribution in [2.75, 3.05) is 0 Å². The molecule has 5 heteroatoms. The predicted octanol–water partition coefficient (Wildman–Crippen LogP) is 1.74. The summed E-state index contributed by atoms with van der Waals surface area (Å²) in [6.45, 7) is 1.30. The lowest BCUT2D eigenvalue weighted by molar-refractivity contribution is -0.154. The molecule has 1 aliphatic rings. The summed E-state index contributed by atoms with van der Waals surface area (Å²) < 4.78 is 5.13. The highest BCUT2D eigenvalue weighted by Gasteiger charge is 2.27. The lowest BCUT2D eigenvalue weighted by Gasteiger charge is -2.19. The molecular weight excluding hydrogens is 244 g/mol. The summed E-state index contributed by atoms with van der Waals surface area (Å²) in [4.78, 5) is 27.3.